The zero-order chi connectivity index (χ0) is 22.2. The molecular formula is C22H25F3N2O3S. The molecule has 1 saturated heterocycles. The van der Waals surface area contributed by atoms with Crippen LogP contribution in [0.15, 0.2) is 47.4 Å². The quantitative estimate of drug-likeness (QED) is 0.684. The van der Waals surface area contributed by atoms with E-state index in [0.717, 1.165) is 30.2 Å². The fourth-order valence-electron chi connectivity index (χ4n) is 3.73. The molecule has 0 aromatic heterocycles. The van der Waals surface area contributed by atoms with E-state index in [1.54, 1.807) is 0 Å². The van der Waals surface area contributed by atoms with Gasteiger partial charge in [-0.2, -0.15) is 13.2 Å². The number of halogens is 3. The Balaban J connectivity index is 1.37. The summed E-state index contributed by atoms with van der Waals surface area (Å²) in [6.07, 6.45) is -1.44. The lowest BCUT2D eigenvalue weighted by Gasteiger charge is -2.18. The van der Waals surface area contributed by atoms with Crippen LogP contribution < -0.4 is 9.46 Å². The number of aryl methyl sites for hydroxylation is 1. The Morgan fingerprint density at radius 2 is 1.81 bits per heavy atom. The van der Waals surface area contributed by atoms with Crippen molar-refractivity contribution in [2.45, 2.75) is 55.9 Å². The van der Waals surface area contributed by atoms with Gasteiger partial charge < -0.3 is 4.74 Å². The van der Waals surface area contributed by atoms with Gasteiger partial charge in [-0.25, -0.2) is 13.1 Å². The summed E-state index contributed by atoms with van der Waals surface area (Å²) in [5.74, 6) is 0.856. The van der Waals surface area contributed by atoms with Crippen LogP contribution in [-0.2, 0) is 22.7 Å². The molecule has 0 radical (unpaired) electrons. The van der Waals surface area contributed by atoms with E-state index in [1.165, 1.54) is 13.0 Å². The van der Waals surface area contributed by atoms with Crippen LogP contribution >= 0.6 is 0 Å². The van der Waals surface area contributed by atoms with Crippen molar-refractivity contribution in [2.24, 2.45) is 0 Å². The first-order valence-corrected chi connectivity index (χ1v) is 11.8. The van der Waals surface area contributed by atoms with Gasteiger partial charge in [0.2, 0.25) is 10.0 Å². The van der Waals surface area contributed by atoms with Crippen molar-refractivity contribution < 1.29 is 26.3 Å². The zero-order valence-corrected chi connectivity index (χ0v) is 18.0. The summed E-state index contributed by atoms with van der Waals surface area (Å²) in [6.45, 7) is 3.36. The first-order valence-electron chi connectivity index (χ1n) is 10.3. The largest absolute Gasteiger partial charge is 0.490 e. The average Bonchev–Trinajstić information content (AvgIpc) is 3.40. The van der Waals surface area contributed by atoms with E-state index in [1.807, 2.05) is 24.3 Å². The number of rotatable bonds is 7. The summed E-state index contributed by atoms with van der Waals surface area (Å²) in [5, 5.41) is 0. The lowest BCUT2D eigenvalue weighted by molar-refractivity contribution is -0.137. The Morgan fingerprint density at radius 3 is 2.45 bits per heavy atom. The Morgan fingerprint density at radius 1 is 1.10 bits per heavy atom. The van der Waals surface area contributed by atoms with Gasteiger partial charge in [0.05, 0.1) is 16.6 Å². The second-order valence-corrected chi connectivity index (χ2v) is 9.96. The van der Waals surface area contributed by atoms with Crippen molar-refractivity contribution >= 4 is 10.0 Å². The normalized spacial score (nSPS) is 20.2. The van der Waals surface area contributed by atoms with E-state index in [9.17, 15) is 21.6 Å². The maximum Gasteiger partial charge on any atom is 0.416 e. The smallest absolute Gasteiger partial charge is 0.416 e. The number of hydrogen-bond acceptors (Lipinski definition) is 4. The molecule has 2 aromatic carbocycles. The van der Waals surface area contributed by atoms with Crippen LogP contribution in [-0.4, -0.2) is 38.6 Å². The third-order valence-corrected chi connectivity index (χ3v) is 7.22. The third-order valence-electron chi connectivity index (χ3n) is 5.56. The molecule has 9 heteroatoms. The fourth-order valence-corrected chi connectivity index (χ4v) is 5.26. The minimum Gasteiger partial charge on any atom is -0.490 e. The predicted molar refractivity (Wildman–Crippen MR) is 110 cm³/mol. The van der Waals surface area contributed by atoms with Gasteiger partial charge in [0.15, 0.2) is 0 Å². The highest BCUT2D eigenvalue weighted by Crippen LogP contribution is 2.32. The SMILES string of the molecule is Cc1ccc(C(F)(F)F)cc1S(=O)(=O)NC1CCN(Cc2ccc(OC3CC3)cc2)C1. The van der Waals surface area contributed by atoms with E-state index in [4.69, 9.17) is 4.74 Å². The molecule has 168 valence electrons. The number of likely N-dealkylation sites (tertiary alicyclic amines) is 1. The van der Waals surface area contributed by atoms with Crippen molar-refractivity contribution in [2.75, 3.05) is 13.1 Å². The van der Waals surface area contributed by atoms with Crippen molar-refractivity contribution in [3.05, 3.63) is 59.2 Å². The van der Waals surface area contributed by atoms with Crippen LogP contribution in [0.3, 0.4) is 0 Å². The number of sulfonamides is 1. The van der Waals surface area contributed by atoms with Crippen LogP contribution in [0.5, 0.6) is 5.75 Å². The van der Waals surface area contributed by atoms with Gasteiger partial charge in [-0.3, -0.25) is 4.90 Å². The van der Waals surface area contributed by atoms with Crippen LogP contribution in [0.2, 0.25) is 0 Å². The molecule has 1 atom stereocenters. The second kappa shape index (κ2) is 8.44. The molecule has 1 saturated carbocycles. The van der Waals surface area contributed by atoms with Gasteiger partial charge >= 0.3 is 6.18 Å². The van der Waals surface area contributed by atoms with Crippen LogP contribution in [0.25, 0.3) is 0 Å². The Bertz CT molecular complexity index is 1030. The van der Waals surface area contributed by atoms with Gasteiger partial charge in [0, 0.05) is 25.7 Å². The Kier molecular flexibility index (Phi) is 6.02. The average molecular weight is 455 g/mol. The zero-order valence-electron chi connectivity index (χ0n) is 17.2. The molecule has 0 spiro atoms. The first-order chi connectivity index (χ1) is 14.6. The van der Waals surface area contributed by atoms with Crippen molar-refractivity contribution in [3.63, 3.8) is 0 Å². The van der Waals surface area contributed by atoms with Crippen LogP contribution in [0, 0.1) is 6.92 Å². The minimum atomic E-state index is -4.60. The maximum absolute atomic E-state index is 13.0. The Hall–Kier alpha value is -2.10. The highest BCUT2D eigenvalue weighted by Gasteiger charge is 2.33. The summed E-state index contributed by atoms with van der Waals surface area (Å²) >= 11 is 0. The molecule has 0 bridgehead atoms. The molecule has 1 aliphatic carbocycles. The number of hydrogen-bond donors (Lipinski definition) is 1. The highest BCUT2D eigenvalue weighted by atomic mass is 32.2. The molecular weight excluding hydrogens is 429 g/mol. The van der Waals surface area contributed by atoms with E-state index < -0.39 is 21.8 Å². The molecule has 1 unspecified atom stereocenters. The number of benzene rings is 2. The molecule has 1 aliphatic heterocycles. The van der Waals surface area contributed by atoms with Gasteiger partial charge in [0.25, 0.3) is 0 Å². The molecule has 5 nitrogen and oxygen atoms in total. The summed E-state index contributed by atoms with van der Waals surface area (Å²) < 4.78 is 72.9. The lowest BCUT2D eigenvalue weighted by atomic mass is 10.1. The minimum absolute atomic E-state index is 0.281. The molecule has 0 amide bonds. The van der Waals surface area contributed by atoms with E-state index >= 15 is 0 Å². The molecule has 2 aromatic rings. The first kappa shape index (κ1) is 22.1. The molecule has 31 heavy (non-hydrogen) atoms. The predicted octanol–water partition coefficient (Wildman–Crippen LogP) is 4.11. The van der Waals surface area contributed by atoms with Gasteiger partial charge in [-0.05, 0) is 61.6 Å². The number of alkyl halides is 3. The van der Waals surface area contributed by atoms with Crippen LogP contribution in [0.4, 0.5) is 13.2 Å². The van der Waals surface area contributed by atoms with Gasteiger partial charge in [0.1, 0.15) is 5.75 Å². The third kappa shape index (κ3) is 5.58. The second-order valence-electron chi connectivity index (χ2n) is 8.28. The number of nitrogens with one attached hydrogen (secondary N) is 1. The summed E-state index contributed by atoms with van der Waals surface area (Å²) in [7, 11) is -4.06. The number of nitrogens with zero attached hydrogens (tertiary/aromatic N) is 1. The van der Waals surface area contributed by atoms with Gasteiger partial charge in [-0.1, -0.05) is 18.2 Å². The van der Waals surface area contributed by atoms with Crippen molar-refractivity contribution in [1.29, 1.82) is 0 Å². The monoisotopic (exact) mass is 454 g/mol. The highest BCUT2D eigenvalue weighted by molar-refractivity contribution is 7.89. The summed E-state index contributed by atoms with van der Waals surface area (Å²) in [5.41, 5.74) is 0.407. The molecule has 2 fully saturated rings. The van der Waals surface area contributed by atoms with E-state index in [-0.39, 0.29) is 16.5 Å². The van der Waals surface area contributed by atoms with Crippen molar-refractivity contribution in [3.8, 4) is 5.75 Å². The van der Waals surface area contributed by atoms with Crippen LogP contribution in [0.1, 0.15) is 36.0 Å². The standard InChI is InChI=1S/C22H25F3N2O3S/c1-15-2-5-17(22(23,24)25)12-21(15)31(28,29)26-18-10-11-27(14-18)13-16-3-6-19(7-4-16)30-20-8-9-20/h2-7,12,18,20,26H,8-11,13-14H2,1H3. The molecule has 2 aliphatic rings. The summed E-state index contributed by atoms with van der Waals surface area (Å²) in [4.78, 5) is 1.80. The molecule has 1 heterocycles. The Labute approximate surface area is 180 Å². The maximum atomic E-state index is 13.0. The topological polar surface area (TPSA) is 58.6 Å². The van der Waals surface area contributed by atoms with Crippen molar-refractivity contribution in [1.82, 2.24) is 9.62 Å². The van der Waals surface area contributed by atoms with Gasteiger partial charge in [-0.15, -0.1) is 0 Å². The number of ether oxygens (including phenoxy) is 1. The molecule has 4 rings (SSSR count). The fraction of sp³-hybridized carbons (Fsp3) is 0.455. The molecule has 1 N–H and O–H groups in total. The lowest BCUT2D eigenvalue weighted by Crippen LogP contribution is -2.37. The summed E-state index contributed by atoms with van der Waals surface area (Å²) in [6, 6.07) is 10.3. The van der Waals surface area contributed by atoms with E-state index in [0.29, 0.717) is 38.2 Å². The van der Waals surface area contributed by atoms with E-state index in [2.05, 4.69) is 9.62 Å².